The van der Waals surface area contributed by atoms with Gasteiger partial charge in [0.05, 0.1) is 0 Å². The van der Waals surface area contributed by atoms with E-state index in [-0.39, 0.29) is 31.1 Å². The Labute approximate surface area is 497 Å². The van der Waals surface area contributed by atoms with E-state index in [4.69, 9.17) is 14.2 Å². The van der Waals surface area contributed by atoms with Crippen molar-refractivity contribution in [2.75, 3.05) is 13.2 Å². The molecular weight excluding hydrogens is 985 g/mol. The second-order valence-electron chi connectivity index (χ2n) is 23.4. The number of allylic oxidation sites excluding steroid dienone is 12. The van der Waals surface area contributed by atoms with Gasteiger partial charge in [0.2, 0.25) is 0 Å². The number of unbranched alkanes of at least 4 members (excludes halogenated alkanes) is 41. The molecule has 0 aromatic carbocycles. The van der Waals surface area contributed by atoms with Crippen molar-refractivity contribution in [2.45, 2.75) is 367 Å². The molecule has 6 heteroatoms. The summed E-state index contributed by atoms with van der Waals surface area (Å²) < 4.78 is 17.0. The van der Waals surface area contributed by atoms with Gasteiger partial charge in [0, 0.05) is 19.3 Å². The first-order valence-electron chi connectivity index (χ1n) is 34.9. The topological polar surface area (TPSA) is 78.9 Å². The minimum Gasteiger partial charge on any atom is -0.462 e. The van der Waals surface area contributed by atoms with Gasteiger partial charge in [0.15, 0.2) is 6.10 Å². The Balaban J connectivity index is 4.31. The van der Waals surface area contributed by atoms with Gasteiger partial charge in [-0.3, -0.25) is 14.4 Å². The van der Waals surface area contributed by atoms with E-state index in [1.807, 2.05) is 0 Å². The van der Waals surface area contributed by atoms with Crippen molar-refractivity contribution < 1.29 is 28.6 Å². The maximum absolute atomic E-state index is 12.9. The molecule has 0 aliphatic rings. The van der Waals surface area contributed by atoms with Crippen LogP contribution in [0.25, 0.3) is 0 Å². The van der Waals surface area contributed by atoms with Crippen LogP contribution in [0.2, 0.25) is 0 Å². The molecule has 0 N–H and O–H groups in total. The standard InChI is InChI=1S/C74H132O6/c1-4-7-10-13-16-19-22-25-28-30-32-34-36-37-39-40-42-44-46-49-52-55-58-61-64-67-73(76)79-70-71(69-78-72(75)66-63-60-57-54-51-48-27-24-21-18-15-12-9-6-3)80-74(77)68-65-62-59-56-53-50-47-45-43-41-38-35-33-31-29-26-23-20-17-14-11-8-5-2/h15,18,23-24,26-27,30-33,38,41,71H,4-14,16-17,19-22,25,28-29,34-37,39-40,42-70H2,1-3H3/b18-15-,26-23-,27-24-,32-30-,33-31-,41-38-. The Hall–Kier alpha value is -3.15. The number of ether oxygens (including phenoxy) is 3. The predicted molar refractivity (Wildman–Crippen MR) is 348 cm³/mol. The summed E-state index contributed by atoms with van der Waals surface area (Å²) in [6.07, 6.45) is 89.2. The number of rotatable bonds is 64. The Morgan fingerprint density at radius 2 is 0.463 bits per heavy atom. The zero-order valence-corrected chi connectivity index (χ0v) is 53.3. The second-order valence-corrected chi connectivity index (χ2v) is 23.4. The first-order chi connectivity index (χ1) is 39.5. The van der Waals surface area contributed by atoms with Gasteiger partial charge in [0.25, 0.3) is 0 Å². The minimum absolute atomic E-state index is 0.0811. The van der Waals surface area contributed by atoms with Crippen LogP contribution in [0.4, 0.5) is 0 Å². The summed E-state index contributed by atoms with van der Waals surface area (Å²) in [7, 11) is 0. The number of carbonyl (C=O) groups is 3. The van der Waals surface area contributed by atoms with Crippen LogP contribution in [0.5, 0.6) is 0 Å². The molecule has 0 saturated heterocycles. The first-order valence-corrected chi connectivity index (χ1v) is 34.9. The highest BCUT2D eigenvalue weighted by atomic mass is 16.6. The van der Waals surface area contributed by atoms with Crippen LogP contribution >= 0.6 is 0 Å². The van der Waals surface area contributed by atoms with Crippen molar-refractivity contribution in [3.8, 4) is 0 Å². The van der Waals surface area contributed by atoms with Crippen LogP contribution in [0.1, 0.15) is 361 Å². The summed E-state index contributed by atoms with van der Waals surface area (Å²) in [5.74, 6) is -0.885. The molecule has 0 amide bonds. The van der Waals surface area contributed by atoms with Gasteiger partial charge in [-0.05, 0) is 109 Å². The summed E-state index contributed by atoms with van der Waals surface area (Å²) in [5, 5.41) is 0. The van der Waals surface area contributed by atoms with Crippen molar-refractivity contribution in [3.63, 3.8) is 0 Å². The SMILES string of the molecule is CCCC/C=C\C/C=C\CCCCCCCC(=O)OCC(COC(=O)CCCCCCCCCCCCCCC/C=C\CCCCCCCCCC)OC(=O)CCCCCCCCCC/C=C\C/C=C\C/C=C\CCCCCCC. The Bertz CT molecular complexity index is 1470. The largest absolute Gasteiger partial charge is 0.462 e. The summed E-state index contributed by atoms with van der Waals surface area (Å²) in [4.78, 5) is 38.4. The van der Waals surface area contributed by atoms with Gasteiger partial charge >= 0.3 is 17.9 Å². The molecule has 0 aliphatic heterocycles. The molecule has 0 heterocycles. The van der Waals surface area contributed by atoms with Gasteiger partial charge in [-0.25, -0.2) is 0 Å². The number of esters is 3. The Kier molecular flexibility index (Phi) is 65.7. The van der Waals surface area contributed by atoms with Gasteiger partial charge in [0.1, 0.15) is 13.2 Å². The van der Waals surface area contributed by atoms with Crippen LogP contribution in [0.3, 0.4) is 0 Å². The van der Waals surface area contributed by atoms with Crippen molar-refractivity contribution in [1.82, 2.24) is 0 Å². The quantitative estimate of drug-likeness (QED) is 0.0261. The van der Waals surface area contributed by atoms with E-state index >= 15 is 0 Å². The van der Waals surface area contributed by atoms with Crippen LogP contribution in [-0.4, -0.2) is 37.2 Å². The number of hydrogen-bond donors (Lipinski definition) is 0. The third kappa shape index (κ3) is 65.7. The molecule has 0 rings (SSSR count). The number of carbonyl (C=O) groups excluding carboxylic acids is 3. The maximum atomic E-state index is 12.9. The predicted octanol–water partition coefficient (Wildman–Crippen LogP) is 24.1. The van der Waals surface area contributed by atoms with Crippen LogP contribution in [0.15, 0.2) is 72.9 Å². The highest BCUT2D eigenvalue weighted by Gasteiger charge is 2.19. The lowest BCUT2D eigenvalue weighted by Gasteiger charge is -2.18. The highest BCUT2D eigenvalue weighted by Crippen LogP contribution is 2.17. The Morgan fingerprint density at radius 3 is 0.750 bits per heavy atom. The lowest BCUT2D eigenvalue weighted by Crippen LogP contribution is -2.30. The molecule has 0 aromatic heterocycles. The Morgan fingerprint density at radius 1 is 0.250 bits per heavy atom. The summed E-state index contributed by atoms with van der Waals surface area (Å²) in [6.45, 7) is 6.62. The number of hydrogen-bond acceptors (Lipinski definition) is 6. The molecule has 0 bridgehead atoms. The molecule has 1 unspecified atom stereocenters. The molecule has 80 heavy (non-hydrogen) atoms. The van der Waals surface area contributed by atoms with E-state index < -0.39 is 6.10 Å². The molecule has 6 nitrogen and oxygen atoms in total. The van der Waals surface area contributed by atoms with Crippen molar-refractivity contribution >= 4 is 17.9 Å². The van der Waals surface area contributed by atoms with Gasteiger partial charge in [-0.15, -0.1) is 0 Å². The summed E-state index contributed by atoms with van der Waals surface area (Å²) in [6, 6.07) is 0. The summed E-state index contributed by atoms with van der Waals surface area (Å²) in [5.41, 5.74) is 0. The van der Waals surface area contributed by atoms with E-state index in [2.05, 4.69) is 93.7 Å². The molecule has 0 spiro atoms. The third-order valence-electron chi connectivity index (χ3n) is 15.4. The van der Waals surface area contributed by atoms with Crippen molar-refractivity contribution in [1.29, 1.82) is 0 Å². The molecule has 0 fully saturated rings. The van der Waals surface area contributed by atoms with Crippen molar-refractivity contribution in [3.05, 3.63) is 72.9 Å². The van der Waals surface area contributed by atoms with Crippen LogP contribution < -0.4 is 0 Å². The first kappa shape index (κ1) is 76.9. The fourth-order valence-corrected chi connectivity index (χ4v) is 10.1. The lowest BCUT2D eigenvalue weighted by molar-refractivity contribution is -0.167. The monoisotopic (exact) mass is 1120 g/mol. The molecular formula is C74H132O6. The van der Waals surface area contributed by atoms with Crippen molar-refractivity contribution in [2.24, 2.45) is 0 Å². The van der Waals surface area contributed by atoms with E-state index in [9.17, 15) is 14.4 Å². The van der Waals surface area contributed by atoms with E-state index in [1.54, 1.807) is 0 Å². The van der Waals surface area contributed by atoms with Crippen LogP contribution in [0, 0.1) is 0 Å². The molecule has 0 aliphatic carbocycles. The van der Waals surface area contributed by atoms with E-state index in [0.29, 0.717) is 19.3 Å². The molecule has 0 aromatic rings. The smallest absolute Gasteiger partial charge is 0.306 e. The summed E-state index contributed by atoms with van der Waals surface area (Å²) >= 11 is 0. The minimum atomic E-state index is -0.787. The van der Waals surface area contributed by atoms with E-state index in [0.717, 1.165) is 96.3 Å². The van der Waals surface area contributed by atoms with E-state index in [1.165, 1.54) is 225 Å². The second kappa shape index (κ2) is 68.3. The lowest BCUT2D eigenvalue weighted by atomic mass is 10.0. The van der Waals surface area contributed by atoms with Gasteiger partial charge in [-0.1, -0.05) is 306 Å². The molecule has 0 radical (unpaired) electrons. The fraction of sp³-hybridized carbons (Fsp3) is 0.797. The maximum Gasteiger partial charge on any atom is 0.306 e. The molecule has 464 valence electrons. The molecule has 1 atom stereocenters. The van der Waals surface area contributed by atoms with Gasteiger partial charge < -0.3 is 14.2 Å². The normalized spacial score (nSPS) is 12.5. The average molecular weight is 1120 g/mol. The zero-order chi connectivity index (χ0) is 57.8. The highest BCUT2D eigenvalue weighted by molar-refractivity contribution is 5.71. The van der Waals surface area contributed by atoms with Gasteiger partial charge in [-0.2, -0.15) is 0 Å². The zero-order valence-electron chi connectivity index (χ0n) is 53.3. The average Bonchev–Trinajstić information content (AvgIpc) is 3.46. The van der Waals surface area contributed by atoms with Crippen LogP contribution in [-0.2, 0) is 28.6 Å². The fourth-order valence-electron chi connectivity index (χ4n) is 10.1. The third-order valence-corrected chi connectivity index (χ3v) is 15.4. The molecule has 0 saturated carbocycles.